The van der Waals surface area contributed by atoms with Gasteiger partial charge in [0.05, 0.1) is 0 Å². The first-order chi connectivity index (χ1) is 9.47. The van der Waals surface area contributed by atoms with Crippen molar-refractivity contribution in [2.75, 3.05) is 0 Å². The van der Waals surface area contributed by atoms with Gasteiger partial charge in [-0.2, -0.15) is 0 Å². The molecule has 102 valence electrons. The van der Waals surface area contributed by atoms with Crippen LogP contribution in [0.5, 0.6) is 0 Å². The highest BCUT2D eigenvalue weighted by atomic mass is 32.1. The molecule has 0 aromatic heterocycles. The minimum atomic E-state index is -1.04. The molecule has 5 nitrogen and oxygen atoms in total. The molecule has 1 atom stereocenters. The van der Waals surface area contributed by atoms with Crippen LogP contribution < -0.4 is 5.32 Å². The van der Waals surface area contributed by atoms with Crippen molar-refractivity contribution in [3.8, 4) is 0 Å². The second kappa shape index (κ2) is 5.34. The van der Waals surface area contributed by atoms with Crippen LogP contribution in [0.25, 0.3) is 5.70 Å². The highest BCUT2D eigenvalue weighted by Gasteiger charge is 2.37. The van der Waals surface area contributed by atoms with E-state index in [4.69, 9.17) is 12.2 Å². The molecule has 2 amide bonds. The molecule has 0 fully saturated rings. The van der Waals surface area contributed by atoms with Crippen LogP contribution in [-0.2, 0) is 9.59 Å². The van der Waals surface area contributed by atoms with Gasteiger partial charge < -0.3 is 10.1 Å². The van der Waals surface area contributed by atoms with Crippen molar-refractivity contribution in [3.63, 3.8) is 0 Å². The van der Waals surface area contributed by atoms with Crippen molar-refractivity contribution in [1.82, 2.24) is 10.2 Å². The number of aldehydes is 1. The minimum Gasteiger partial charge on any atom is -0.319 e. The van der Waals surface area contributed by atoms with E-state index in [9.17, 15) is 14.4 Å². The third-order valence-electron chi connectivity index (χ3n) is 2.95. The fraction of sp³-hybridized carbons (Fsp3) is 0.143. The van der Waals surface area contributed by atoms with Gasteiger partial charge in [-0.3, -0.25) is 14.5 Å². The average Bonchev–Trinajstić information content (AvgIpc) is 2.65. The number of nitrogens with one attached hydrogen (secondary N) is 1. The molecule has 1 aliphatic heterocycles. The van der Waals surface area contributed by atoms with Gasteiger partial charge in [-0.05, 0) is 6.07 Å². The van der Waals surface area contributed by atoms with E-state index >= 15 is 0 Å². The quantitative estimate of drug-likeness (QED) is 0.669. The zero-order valence-electron chi connectivity index (χ0n) is 10.8. The third-order valence-corrected chi connectivity index (χ3v) is 3.30. The molecule has 1 aromatic rings. The van der Waals surface area contributed by atoms with Gasteiger partial charge in [0.2, 0.25) is 5.91 Å². The molecule has 0 bridgehead atoms. The first kappa shape index (κ1) is 14.1. The second-order valence-corrected chi connectivity index (χ2v) is 4.73. The Labute approximate surface area is 121 Å². The molecule has 1 N–H and O–H groups in total. The third kappa shape index (κ3) is 2.25. The lowest BCUT2D eigenvalue weighted by Crippen LogP contribution is -2.47. The Morgan fingerprint density at radius 3 is 2.50 bits per heavy atom. The molecule has 1 heterocycles. The van der Waals surface area contributed by atoms with E-state index in [2.05, 4.69) is 11.9 Å². The lowest BCUT2D eigenvalue weighted by Gasteiger charge is -2.24. The largest absolute Gasteiger partial charge is 0.319 e. The molecule has 0 saturated heterocycles. The molecule has 6 heteroatoms. The molecule has 2 rings (SSSR count). The van der Waals surface area contributed by atoms with Crippen LogP contribution >= 0.6 is 12.2 Å². The molecule has 1 aromatic carbocycles. The van der Waals surface area contributed by atoms with Crippen LogP contribution in [0.1, 0.15) is 22.8 Å². The summed E-state index contributed by atoms with van der Waals surface area (Å²) in [4.78, 5) is 35.8. The molecular formula is C14H12N2O3S. The van der Waals surface area contributed by atoms with Gasteiger partial charge in [-0.25, -0.2) is 0 Å². The van der Waals surface area contributed by atoms with Crippen molar-refractivity contribution < 1.29 is 14.4 Å². The van der Waals surface area contributed by atoms with Gasteiger partial charge in [-0.15, -0.1) is 0 Å². The van der Waals surface area contributed by atoms with Crippen LogP contribution in [-0.4, -0.2) is 34.0 Å². The maximum absolute atomic E-state index is 12.3. The summed E-state index contributed by atoms with van der Waals surface area (Å²) in [6, 6.07) is 5.88. The maximum atomic E-state index is 12.3. The number of benzene rings is 1. The summed E-state index contributed by atoms with van der Waals surface area (Å²) >= 11 is 5.01. The predicted octanol–water partition coefficient (Wildman–Crippen LogP) is 1.14. The van der Waals surface area contributed by atoms with Gasteiger partial charge in [0.1, 0.15) is 17.3 Å². The Kier molecular flexibility index (Phi) is 3.76. The van der Waals surface area contributed by atoms with Gasteiger partial charge in [0.15, 0.2) is 0 Å². The van der Waals surface area contributed by atoms with Crippen molar-refractivity contribution >= 4 is 41.0 Å². The van der Waals surface area contributed by atoms with E-state index in [1.165, 1.54) is 11.8 Å². The zero-order valence-corrected chi connectivity index (χ0v) is 11.6. The van der Waals surface area contributed by atoms with E-state index in [-0.39, 0.29) is 10.9 Å². The molecule has 1 unspecified atom stereocenters. The normalized spacial score (nSPS) is 14.8. The Balaban J connectivity index is 2.36. The van der Waals surface area contributed by atoms with Crippen LogP contribution in [0.4, 0.5) is 0 Å². The number of rotatable bonds is 3. The van der Waals surface area contributed by atoms with E-state index in [0.29, 0.717) is 23.1 Å². The lowest BCUT2D eigenvalue weighted by atomic mass is 10.1. The van der Waals surface area contributed by atoms with Crippen LogP contribution in [0.15, 0.2) is 30.8 Å². The molecule has 1 aliphatic rings. The number of hydrogen-bond acceptors (Lipinski definition) is 4. The highest BCUT2D eigenvalue weighted by Crippen LogP contribution is 2.32. The second-order valence-electron chi connectivity index (χ2n) is 4.29. The molecule has 0 spiro atoms. The number of amides is 2. The van der Waals surface area contributed by atoms with Crippen molar-refractivity contribution in [2.45, 2.75) is 13.0 Å². The predicted molar refractivity (Wildman–Crippen MR) is 77.9 cm³/mol. The number of fused-ring (bicyclic) bond motifs is 1. The topological polar surface area (TPSA) is 66.5 Å². The highest BCUT2D eigenvalue weighted by molar-refractivity contribution is 7.80. The summed E-state index contributed by atoms with van der Waals surface area (Å²) in [5.41, 5.74) is 1.53. The molecule has 0 saturated carbocycles. The number of nitrogens with zero attached hydrogens (tertiary/aromatic N) is 1. The fourth-order valence-electron chi connectivity index (χ4n) is 2.08. The Morgan fingerprint density at radius 2 is 2.00 bits per heavy atom. The lowest BCUT2D eigenvalue weighted by molar-refractivity contribution is -0.117. The Bertz CT molecular complexity index is 604. The maximum Gasteiger partial charge on any atom is 0.259 e. The summed E-state index contributed by atoms with van der Waals surface area (Å²) in [7, 11) is 0. The average molecular weight is 288 g/mol. The van der Waals surface area contributed by atoms with Crippen LogP contribution in [0.3, 0.4) is 0 Å². The van der Waals surface area contributed by atoms with Gasteiger partial charge in [-0.1, -0.05) is 37.0 Å². The molecule has 20 heavy (non-hydrogen) atoms. The first-order valence-corrected chi connectivity index (χ1v) is 6.26. The number of carbonyl (C=O) groups is 3. The zero-order chi connectivity index (χ0) is 14.9. The minimum absolute atomic E-state index is 0.0187. The summed E-state index contributed by atoms with van der Waals surface area (Å²) in [5, 5.41) is 2.36. The molecular weight excluding hydrogens is 276 g/mol. The first-order valence-electron chi connectivity index (χ1n) is 5.86. The number of hydrogen-bond donors (Lipinski definition) is 1. The SMILES string of the molecule is C=C1c2ccccc2C(=O)N1C(C=O)C(=S)NC(C)=O. The summed E-state index contributed by atoms with van der Waals surface area (Å²) in [6.07, 6.45) is 0.521. The van der Waals surface area contributed by atoms with E-state index < -0.39 is 11.9 Å². The van der Waals surface area contributed by atoms with Gasteiger partial charge in [0.25, 0.3) is 5.91 Å². The van der Waals surface area contributed by atoms with Crippen LogP contribution in [0, 0.1) is 0 Å². The summed E-state index contributed by atoms with van der Waals surface area (Å²) in [5.74, 6) is -0.743. The summed E-state index contributed by atoms with van der Waals surface area (Å²) in [6.45, 7) is 5.11. The number of thiocarbonyl (C=S) groups is 1. The van der Waals surface area contributed by atoms with E-state index in [1.54, 1.807) is 24.3 Å². The van der Waals surface area contributed by atoms with Crippen molar-refractivity contribution in [3.05, 3.63) is 42.0 Å². The monoisotopic (exact) mass is 288 g/mol. The summed E-state index contributed by atoms with van der Waals surface area (Å²) < 4.78 is 0. The molecule has 0 aliphatic carbocycles. The van der Waals surface area contributed by atoms with E-state index in [1.807, 2.05) is 0 Å². The van der Waals surface area contributed by atoms with Crippen molar-refractivity contribution in [2.24, 2.45) is 0 Å². The van der Waals surface area contributed by atoms with E-state index in [0.717, 1.165) is 0 Å². The smallest absolute Gasteiger partial charge is 0.259 e. The Morgan fingerprint density at radius 1 is 1.40 bits per heavy atom. The van der Waals surface area contributed by atoms with Gasteiger partial charge in [0, 0.05) is 23.7 Å². The Hall–Kier alpha value is -2.34. The molecule has 0 radical (unpaired) electrons. The van der Waals surface area contributed by atoms with Crippen LogP contribution in [0.2, 0.25) is 0 Å². The fourth-order valence-corrected chi connectivity index (χ4v) is 2.39. The standard InChI is InChI=1S/C14H12N2O3S/c1-8-10-5-3-4-6-11(10)14(19)16(8)12(7-17)13(20)15-9(2)18/h3-7,12H,1H2,2H3,(H,15,18,20). The van der Waals surface area contributed by atoms with Gasteiger partial charge >= 0.3 is 0 Å². The van der Waals surface area contributed by atoms with Crippen molar-refractivity contribution in [1.29, 1.82) is 0 Å². The number of carbonyl (C=O) groups excluding carboxylic acids is 3.